The van der Waals surface area contributed by atoms with Crippen LogP contribution in [0.3, 0.4) is 0 Å². The van der Waals surface area contributed by atoms with Gasteiger partial charge >= 0.3 is 0 Å². The van der Waals surface area contributed by atoms with Crippen LogP contribution in [0.4, 0.5) is 4.39 Å². The van der Waals surface area contributed by atoms with Crippen molar-refractivity contribution in [1.29, 1.82) is 0 Å². The van der Waals surface area contributed by atoms with Crippen LogP contribution in [0.1, 0.15) is 22.9 Å². The Balaban J connectivity index is 1.61. The minimum absolute atomic E-state index is 0.0560. The first kappa shape index (κ1) is 20.7. The molecule has 8 heteroatoms. The number of aliphatic hydroxyl groups excluding tert-OH is 1. The fourth-order valence-electron chi connectivity index (χ4n) is 3.91. The molecule has 4 rings (SSSR count). The number of ketones is 1. The molecule has 2 saturated heterocycles. The number of halogens is 1. The highest BCUT2D eigenvalue weighted by atomic mass is 32.1. The predicted molar refractivity (Wildman–Crippen MR) is 112 cm³/mol. The van der Waals surface area contributed by atoms with Crippen LogP contribution in [0.25, 0.3) is 5.76 Å². The number of rotatable bonds is 6. The van der Waals surface area contributed by atoms with E-state index in [1.165, 1.54) is 35.6 Å². The van der Waals surface area contributed by atoms with Gasteiger partial charge in [-0.3, -0.25) is 14.5 Å². The average Bonchev–Trinajstić information content (AvgIpc) is 3.37. The van der Waals surface area contributed by atoms with Crippen molar-refractivity contribution in [2.45, 2.75) is 12.5 Å². The predicted octanol–water partition coefficient (Wildman–Crippen LogP) is 3.03. The number of thiophene rings is 1. The van der Waals surface area contributed by atoms with E-state index in [9.17, 15) is 19.1 Å². The van der Waals surface area contributed by atoms with Crippen molar-refractivity contribution in [2.75, 3.05) is 39.4 Å². The zero-order chi connectivity index (χ0) is 21.1. The lowest BCUT2D eigenvalue weighted by Gasteiger charge is -2.28. The number of aliphatic hydroxyl groups is 1. The van der Waals surface area contributed by atoms with Gasteiger partial charge in [0, 0.05) is 36.6 Å². The van der Waals surface area contributed by atoms with Gasteiger partial charge in [0.1, 0.15) is 11.6 Å². The number of Topliss-reactive ketones (excluding diaryl/α,β-unsaturated/α-hetero) is 1. The molecule has 0 saturated carbocycles. The van der Waals surface area contributed by atoms with Gasteiger partial charge in [-0.2, -0.15) is 0 Å². The first-order valence-corrected chi connectivity index (χ1v) is 10.8. The molecule has 1 aromatic carbocycles. The molecule has 0 unspecified atom stereocenters. The number of morpholine rings is 1. The van der Waals surface area contributed by atoms with Gasteiger partial charge in [-0.25, -0.2) is 4.39 Å². The quantitative estimate of drug-likeness (QED) is 0.433. The number of carbonyl (C=O) groups excluding carboxylic acids is 2. The van der Waals surface area contributed by atoms with Crippen molar-refractivity contribution in [1.82, 2.24) is 9.80 Å². The topological polar surface area (TPSA) is 70.1 Å². The van der Waals surface area contributed by atoms with Gasteiger partial charge in [-0.1, -0.05) is 6.07 Å². The Labute approximate surface area is 178 Å². The number of ether oxygens (including phenoxy) is 1. The van der Waals surface area contributed by atoms with Gasteiger partial charge in [0.2, 0.25) is 0 Å². The Kier molecular flexibility index (Phi) is 6.26. The first-order chi connectivity index (χ1) is 14.6. The van der Waals surface area contributed by atoms with Crippen LogP contribution in [-0.2, 0) is 14.3 Å². The van der Waals surface area contributed by atoms with Crippen molar-refractivity contribution in [3.05, 3.63) is 63.6 Å². The molecule has 2 fully saturated rings. The van der Waals surface area contributed by atoms with E-state index in [1.54, 1.807) is 4.90 Å². The van der Waals surface area contributed by atoms with E-state index in [0.717, 1.165) is 24.5 Å². The Bertz CT molecular complexity index is 937. The van der Waals surface area contributed by atoms with Crippen LogP contribution >= 0.6 is 11.3 Å². The van der Waals surface area contributed by atoms with Gasteiger partial charge < -0.3 is 14.7 Å². The minimum atomic E-state index is -0.707. The number of nitrogens with zero attached hydrogens (tertiary/aromatic N) is 2. The summed E-state index contributed by atoms with van der Waals surface area (Å²) in [7, 11) is 0. The SMILES string of the molecule is O=C1C(=O)N(CCCN2CCOCC2)[C@H](c2cccs2)/C1=C(\O)c1ccc(F)cc1. The van der Waals surface area contributed by atoms with Gasteiger partial charge in [0.25, 0.3) is 11.7 Å². The monoisotopic (exact) mass is 430 g/mol. The number of hydrogen-bond donors (Lipinski definition) is 1. The lowest BCUT2D eigenvalue weighted by molar-refractivity contribution is -0.140. The number of likely N-dealkylation sites (tertiary alicyclic amines) is 1. The summed E-state index contributed by atoms with van der Waals surface area (Å²) in [6.45, 7) is 4.34. The van der Waals surface area contributed by atoms with Gasteiger partial charge in [0.15, 0.2) is 0 Å². The summed E-state index contributed by atoms with van der Waals surface area (Å²) >= 11 is 1.43. The molecular weight excluding hydrogens is 407 g/mol. The highest BCUT2D eigenvalue weighted by Crippen LogP contribution is 2.41. The summed E-state index contributed by atoms with van der Waals surface area (Å²) in [6, 6.07) is 8.31. The third-order valence-electron chi connectivity index (χ3n) is 5.45. The molecule has 1 amide bonds. The van der Waals surface area contributed by atoms with E-state index < -0.39 is 23.5 Å². The van der Waals surface area contributed by atoms with Gasteiger partial charge in [-0.05, 0) is 42.1 Å². The summed E-state index contributed by atoms with van der Waals surface area (Å²) in [5, 5.41) is 12.7. The molecule has 1 atom stereocenters. The van der Waals surface area contributed by atoms with Gasteiger partial charge in [0.05, 0.1) is 24.8 Å². The number of hydrogen-bond acceptors (Lipinski definition) is 6. The van der Waals surface area contributed by atoms with E-state index >= 15 is 0 Å². The standard InChI is InChI=1S/C22H23FN2O4S/c23-16-6-4-15(5-7-16)20(26)18-19(17-3-1-14-30-17)25(22(28)21(18)27)9-2-8-24-10-12-29-13-11-24/h1,3-7,14,19,26H,2,8-13H2/b20-18+/t19-/m1/s1. The van der Waals surface area contributed by atoms with Crippen LogP contribution in [0, 0.1) is 5.82 Å². The zero-order valence-electron chi connectivity index (χ0n) is 16.4. The molecule has 1 aromatic heterocycles. The van der Waals surface area contributed by atoms with Crippen LogP contribution in [0.15, 0.2) is 47.4 Å². The lowest BCUT2D eigenvalue weighted by Crippen LogP contribution is -2.38. The average molecular weight is 431 g/mol. The molecule has 1 N–H and O–H groups in total. The molecule has 3 heterocycles. The second kappa shape index (κ2) is 9.07. The van der Waals surface area contributed by atoms with Crippen LogP contribution in [0.2, 0.25) is 0 Å². The maximum atomic E-state index is 13.3. The van der Waals surface area contributed by atoms with Crippen LogP contribution in [0.5, 0.6) is 0 Å². The molecule has 2 aliphatic heterocycles. The van der Waals surface area contributed by atoms with E-state index in [1.807, 2.05) is 17.5 Å². The molecule has 0 spiro atoms. The molecule has 2 aliphatic rings. The molecule has 0 bridgehead atoms. The number of benzene rings is 1. The Morgan fingerprint density at radius 3 is 2.53 bits per heavy atom. The fourth-order valence-corrected chi connectivity index (χ4v) is 4.75. The van der Waals surface area contributed by atoms with Crippen molar-refractivity contribution >= 4 is 28.8 Å². The maximum absolute atomic E-state index is 13.3. The maximum Gasteiger partial charge on any atom is 0.295 e. The van der Waals surface area contributed by atoms with Crippen molar-refractivity contribution in [2.24, 2.45) is 0 Å². The fraction of sp³-hybridized carbons (Fsp3) is 0.364. The van der Waals surface area contributed by atoms with Crippen LogP contribution in [-0.4, -0.2) is 66.0 Å². The Morgan fingerprint density at radius 1 is 1.13 bits per heavy atom. The van der Waals surface area contributed by atoms with Crippen LogP contribution < -0.4 is 0 Å². The van der Waals surface area contributed by atoms with E-state index in [2.05, 4.69) is 4.90 Å². The van der Waals surface area contributed by atoms with Crippen molar-refractivity contribution in [3.63, 3.8) is 0 Å². The Hall–Kier alpha value is -2.55. The van der Waals surface area contributed by atoms with E-state index in [0.29, 0.717) is 31.7 Å². The summed E-state index contributed by atoms with van der Waals surface area (Å²) in [5.41, 5.74) is 0.365. The number of amides is 1. The number of carbonyl (C=O) groups is 2. The van der Waals surface area contributed by atoms with Gasteiger partial charge in [-0.15, -0.1) is 11.3 Å². The molecule has 6 nitrogen and oxygen atoms in total. The summed E-state index contributed by atoms with van der Waals surface area (Å²) in [6.07, 6.45) is 0.714. The smallest absolute Gasteiger partial charge is 0.295 e. The van der Waals surface area contributed by atoms with Crippen molar-refractivity contribution < 1.29 is 23.8 Å². The summed E-state index contributed by atoms with van der Waals surface area (Å²) in [4.78, 5) is 30.3. The van der Waals surface area contributed by atoms with Crippen molar-refractivity contribution in [3.8, 4) is 0 Å². The normalized spacial score (nSPS) is 22.0. The second-order valence-corrected chi connectivity index (χ2v) is 8.30. The van der Waals surface area contributed by atoms with E-state index in [4.69, 9.17) is 4.74 Å². The minimum Gasteiger partial charge on any atom is -0.507 e. The second-order valence-electron chi connectivity index (χ2n) is 7.32. The summed E-state index contributed by atoms with van der Waals surface area (Å²) in [5.74, 6) is -2.03. The summed E-state index contributed by atoms with van der Waals surface area (Å²) < 4.78 is 18.6. The molecule has 0 aliphatic carbocycles. The molecule has 0 radical (unpaired) electrons. The Morgan fingerprint density at radius 2 is 1.87 bits per heavy atom. The van der Waals surface area contributed by atoms with E-state index in [-0.39, 0.29) is 11.3 Å². The molecule has 158 valence electrons. The largest absolute Gasteiger partial charge is 0.507 e. The molecule has 30 heavy (non-hydrogen) atoms. The highest BCUT2D eigenvalue weighted by molar-refractivity contribution is 7.10. The molecular formula is C22H23FN2O4S. The third kappa shape index (κ3) is 4.16. The lowest BCUT2D eigenvalue weighted by atomic mass is 10.00. The first-order valence-electron chi connectivity index (χ1n) is 9.94. The zero-order valence-corrected chi connectivity index (χ0v) is 17.2. The molecule has 2 aromatic rings. The highest BCUT2D eigenvalue weighted by Gasteiger charge is 2.46. The third-order valence-corrected chi connectivity index (χ3v) is 6.37.